The van der Waals surface area contributed by atoms with Crippen LogP contribution in [0, 0.1) is 5.92 Å². The van der Waals surface area contributed by atoms with E-state index in [1.807, 2.05) is 4.90 Å². The molecule has 2 aliphatic rings. The zero-order chi connectivity index (χ0) is 12.4. The summed E-state index contributed by atoms with van der Waals surface area (Å²) in [5, 5.41) is 3.57. The molecule has 2 unspecified atom stereocenters. The molecule has 2 saturated heterocycles. The Balaban J connectivity index is 1.64. The van der Waals surface area contributed by atoms with Gasteiger partial charge in [-0.05, 0) is 38.1 Å². The summed E-state index contributed by atoms with van der Waals surface area (Å²) in [5.74, 6) is 0.804. The molecule has 0 bridgehead atoms. The van der Waals surface area contributed by atoms with E-state index in [-0.39, 0.29) is 5.91 Å². The number of amides is 1. The zero-order valence-corrected chi connectivity index (χ0v) is 11.3. The Morgan fingerprint density at radius 2 is 2.39 bits per heavy atom. The van der Waals surface area contributed by atoms with Gasteiger partial charge in [0.1, 0.15) is 4.88 Å². The number of rotatable bonds is 2. The molecule has 1 N–H and O–H groups in total. The Morgan fingerprint density at radius 1 is 1.44 bits per heavy atom. The van der Waals surface area contributed by atoms with Crippen molar-refractivity contribution < 1.29 is 4.79 Å². The van der Waals surface area contributed by atoms with Crippen LogP contribution < -0.4 is 5.32 Å². The fourth-order valence-corrected chi connectivity index (χ4v) is 3.70. The maximum Gasteiger partial charge on any atom is 0.265 e. The van der Waals surface area contributed by atoms with Crippen molar-refractivity contribution in [1.82, 2.24) is 15.2 Å². The molecular weight excluding hydrogens is 246 g/mol. The summed E-state index contributed by atoms with van der Waals surface area (Å²) in [7, 11) is 0. The van der Waals surface area contributed by atoms with Gasteiger partial charge >= 0.3 is 0 Å². The van der Waals surface area contributed by atoms with E-state index < -0.39 is 0 Å². The lowest BCUT2D eigenvalue weighted by atomic mass is 9.90. The first kappa shape index (κ1) is 12.1. The third-order valence-corrected chi connectivity index (χ3v) is 4.82. The van der Waals surface area contributed by atoms with Gasteiger partial charge in [-0.3, -0.25) is 9.78 Å². The fourth-order valence-electron chi connectivity index (χ4n) is 3.11. The van der Waals surface area contributed by atoms with Gasteiger partial charge in [-0.25, -0.2) is 0 Å². The second kappa shape index (κ2) is 5.36. The van der Waals surface area contributed by atoms with E-state index in [0.717, 1.165) is 30.9 Å². The maximum atomic E-state index is 12.3. The number of carbonyl (C=O) groups is 1. The number of hydrogen-bond acceptors (Lipinski definition) is 4. The molecule has 4 nitrogen and oxygen atoms in total. The van der Waals surface area contributed by atoms with E-state index in [1.165, 1.54) is 30.6 Å². The first-order chi connectivity index (χ1) is 8.84. The molecule has 3 rings (SSSR count). The van der Waals surface area contributed by atoms with Crippen LogP contribution in [0.1, 0.15) is 35.4 Å². The molecule has 0 radical (unpaired) electrons. The van der Waals surface area contributed by atoms with E-state index >= 15 is 0 Å². The van der Waals surface area contributed by atoms with Crippen molar-refractivity contribution in [1.29, 1.82) is 0 Å². The molecule has 1 amide bonds. The molecule has 2 atom stereocenters. The van der Waals surface area contributed by atoms with Crippen LogP contribution in [0.3, 0.4) is 0 Å². The summed E-state index contributed by atoms with van der Waals surface area (Å²) in [6, 6.07) is 0.627. The van der Waals surface area contributed by atoms with Crippen LogP contribution in [0.2, 0.25) is 0 Å². The molecule has 0 spiro atoms. The molecule has 2 fully saturated rings. The topological polar surface area (TPSA) is 45.2 Å². The highest BCUT2D eigenvalue weighted by molar-refractivity contribution is 7.11. The predicted octanol–water partition coefficient (Wildman–Crippen LogP) is 1.75. The lowest BCUT2D eigenvalue weighted by molar-refractivity contribution is 0.0656. The van der Waals surface area contributed by atoms with Gasteiger partial charge < -0.3 is 10.2 Å². The van der Waals surface area contributed by atoms with Gasteiger partial charge in [0.05, 0.1) is 11.7 Å². The van der Waals surface area contributed by atoms with Crippen molar-refractivity contribution in [2.75, 3.05) is 19.6 Å². The second-order valence-corrected chi connectivity index (χ2v) is 6.11. The Hall–Kier alpha value is -0.940. The summed E-state index contributed by atoms with van der Waals surface area (Å²) in [6.45, 7) is 2.96. The van der Waals surface area contributed by atoms with Crippen molar-refractivity contribution in [3.8, 4) is 0 Å². The minimum Gasteiger partial charge on any atom is -0.338 e. The minimum atomic E-state index is 0.167. The molecule has 0 saturated carbocycles. The van der Waals surface area contributed by atoms with E-state index in [2.05, 4.69) is 10.3 Å². The minimum absolute atomic E-state index is 0.167. The van der Waals surface area contributed by atoms with Crippen molar-refractivity contribution in [3.63, 3.8) is 0 Å². The number of likely N-dealkylation sites (tertiary alicyclic amines) is 1. The average Bonchev–Trinajstić information content (AvgIpc) is 3.11. The van der Waals surface area contributed by atoms with Crippen molar-refractivity contribution in [2.45, 2.75) is 31.7 Å². The Bertz CT molecular complexity index is 400. The first-order valence-corrected chi connectivity index (χ1v) is 7.64. The van der Waals surface area contributed by atoms with Crippen LogP contribution >= 0.6 is 11.3 Å². The average molecular weight is 265 g/mol. The summed E-state index contributed by atoms with van der Waals surface area (Å²) in [4.78, 5) is 19.1. The van der Waals surface area contributed by atoms with Crippen LogP contribution in [0.4, 0.5) is 0 Å². The lowest BCUT2D eigenvalue weighted by Crippen LogP contribution is -2.45. The van der Waals surface area contributed by atoms with Gasteiger partial charge in [-0.2, -0.15) is 0 Å². The van der Waals surface area contributed by atoms with E-state index in [1.54, 1.807) is 11.7 Å². The van der Waals surface area contributed by atoms with Crippen LogP contribution in [-0.4, -0.2) is 41.5 Å². The second-order valence-electron chi connectivity index (χ2n) is 5.22. The number of hydrogen-bond donors (Lipinski definition) is 1. The van der Waals surface area contributed by atoms with Crippen LogP contribution in [-0.2, 0) is 0 Å². The Morgan fingerprint density at radius 3 is 3.11 bits per heavy atom. The van der Waals surface area contributed by atoms with Crippen LogP contribution in [0.25, 0.3) is 0 Å². The van der Waals surface area contributed by atoms with Gasteiger partial charge in [0.25, 0.3) is 5.91 Å². The number of nitrogens with one attached hydrogen (secondary N) is 1. The van der Waals surface area contributed by atoms with Crippen LogP contribution in [0.5, 0.6) is 0 Å². The molecule has 18 heavy (non-hydrogen) atoms. The maximum absolute atomic E-state index is 12.3. The fraction of sp³-hybridized carbons (Fsp3) is 0.692. The SMILES string of the molecule is O=C(c1cncs1)N1CCCC(C2CCCN2)C1. The number of nitrogens with zero attached hydrogens (tertiary/aromatic N) is 2. The monoisotopic (exact) mass is 265 g/mol. The molecule has 1 aromatic rings. The molecule has 1 aromatic heterocycles. The number of aromatic nitrogens is 1. The quantitative estimate of drug-likeness (QED) is 0.886. The normalized spacial score (nSPS) is 28.6. The molecule has 3 heterocycles. The summed E-state index contributed by atoms with van der Waals surface area (Å²) < 4.78 is 0. The van der Waals surface area contributed by atoms with Crippen molar-refractivity contribution in [2.24, 2.45) is 5.92 Å². The first-order valence-electron chi connectivity index (χ1n) is 6.76. The van der Waals surface area contributed by atoms with E-state index in [9.17, 15) is 4.79 Å². The number of piperidine rings is 1. The largest absolute Gasteiger partial charge is 0.338 e. The summed E-state index contributed by atoms with van der Waals surface area (Å²) in [6.07, 6.45) is 6.62. The smallest absolute Gasteiger partial charge is 0.265 e. The molecular formula is C13H19N3OS. The Labute approximate surface area is 111 Å². The van der Waals surface area contributed by atoms with Crippen molar-refractivity contribution in [3.05, 3.63) is 16.6 Å². The van der Waals surface area contributed by atoms with Gasteiger partial charge in [0.2, 0.25) is 0 Å². The summed E-state index contributed by atoms with van der Waals surface area (Å²) >= 11 is 1.44. The van der Waals surface area contributed by atoms with Crippen LogP contribution in [0.15, 0.2) is 11.7 Å². The Kier molecular flexibility index (Phi) is 3.61. The van der Waals surface area contributed by atoms with Gasteiger partial charge in [-0.1, -0.05) is 0 Å². The van der Waals surface area contributed by atoms with Gasteiger partial charge in [-0.15, -0.1) is 11.3 Å². The number of carbonyl (C=O) groups excluding carboxylic acids is 1. The van der Waals surface area contributed by atoms with E-state index in [0.29, 0.717) is 12.0 Å². The third kappa shape index (κ3) is 2.42. The molecule has 98 valence electrons. The van der Waals surface area contributed by atoms with E-state index in [4.69, 9.17) is 0 Å². The zero-order valence-electron chi connectivity index (χ0n) is 10.5. The highest BCUT2D eigenvalue weighted by atomic mass is 32.1. The lowest BCUT2D eigenvalue weighted by Gasteiger charge is -2.35. The molecule has 0 aliphatic carbocycles. The van der Waals surface area contributed by atoms with Gasteiger partial charge in [0.15, 0.2) is 0 Å². The molecule has 0 aromatic carbocycles. The standard InChI is InChI=1S/C13H19N3OS/c17-13(12-7-14-9-18-12)16-6-2-3-10(8-16)11-4-1-5-15-11/h7,9-11,15H,1-6,8H2. The molecule has 5 heteroatoms. The molecule has 2 aliphatic heterocycles. The predicted molar refractivity (Wildman–Crippen MR) is 71.8 cm³/mol. The highest BCUT2D eigenvalue weighted by Gasteiger charge is 2.31. The van der Waals surface area contributed by atoms with Crippen molar-refractivity contribution >= 4 is 17.2 Å². The van der Waals surface area contributed by atoms with Gasteiger partial charge in [0, 0.05) is 19.1 Å². The number of thiazole rings is 1. The highest BCUT2D eigenvalue weighted by Crippen LogP contribution is 2.26. The third-order valence-electron chi connectivity index (χ3n) is 4.06. The summed E-state index contributed by atoms with van der Waals surface area (Å²) in [5.41, 5.74) is 1.73.